The topological polar surface area (TPSA) is 186 Å². The lowest BCUT2D eigenvalue weighted by Crippen LogP contribution is -2.60. The number of benzene rings is 1. The smallest absolute Gasteiger partial charge is 0.480 e. The number of thiazole rings is 1. The van der Waals surface area contributed by atoms with Crippen molar-refractivity contribution in [2.75, 3.05) is 6.54 Å². The number of nitrogens with one attached hydrogen (secondary N) is 2. The zero-order valence-corrected chi connectivity index (χ0v) is 27.9. The molecule has 1 aromatic carbocycles. The molecule has 1 aromatic heterocycles. The van der Waals surface area contributed by atoms with E-state index in [2.05, 4.69) is 15.6 Å². The van der Waals surface area contributed by atoms with Crippen molar-refractivity contribution in [3.8, 4) is 10.4 Å². The normalized spacial score (nSPS) is 19.8. The van der Waals surface area contributed by atoms with Crippen LogP contribution in [-0.2, 0) is 30.5 Å². The number of aliphatic carboxylic acids is 2. The van der Waals surface area contributed by atoms with Gasteiger partial charge in [-0.25, -0.2) is 9.78 Å². The maximum Gasteiger partial charge on any atom is 0.490 e. The second kappa shape index (κ2) is 15.4. The quantitative estimate of drug-likeness (QED) is 0.255. The number of carboxylic acids is 2. The number of carboxylic acid groups (broad SMARTS) is 2. The number of β-amino-alcohol motifs (C(OH)–C–C–N with tert-alkyl or cyclic N) is 1. The maximum absolute atomic E-state index is 13.9. The van der Waals surface area contributed by atoms with Crippen molar-refractivity contribution in [2.45, 2.75) is 97.1 Å². The van der Waals surface area contributed by atoms with Crippen molar-refractivity contribution in [3.63, 3.8) is 0 Å². The summed E-state index contributed by atoms with van der Waals surface area (Å²) in [6, 6.07) is 5.82. The fraction of sp³-hybridized carbons (Fsp3) is 0.562. The van der Waals surface area contributed by atoms with E-state index in [-0.39, 0.29) is 32.4 Å². The molecule has 0 spiro atoms. The van der Waals surface area contributed by atoms with E-state index >= 15 is 0 Å². The average molecular weight is 699 g/mol. The minimum absolute atomic E-state index is 0.0493. The number of hydrogen-bond donors (Lipinski definition) is 5. The first-order chi connectivity index (χ1) is 22.3. The molecular formula is C32H41F3N4O8S. The standard InChI is InChI=1S/C30H40N4O6S.C2HF3O2/c1-18-23(41-17-32-18)20-10-8-19(9-11-20)15-31-25(36)22-14-21(35)16-34(22)26(37)24(29(2,3)4)33-27(38)30(28(39)40)12-6-5-7-13-30;3-2(4,5)1(6)7/h8-11,17,21-22,24,35H,5-7,12-16H2,1-4H3,(H,31,36)(H,33,38)(H,39,40);(H,6,7)/t21-,22+,24+;/m1./s1. The molecular weight excluding hydrogens is 657 g/mol. The van der Waals surface area contributed by atoms with Gasteiger partial charge in [0, 0.05) is 19.5 Å². The second-order valence-corrected chi connectivity index (χ2v) is 14.0. The zero-order valence-electron chi connectivity index (χ0n) is 27.1. The summed E-state index contributed by atoms with van der Waals surface area (Å²) in [6.45, 7) is 7.50. The van der Waals surface area contributed by atoms with Crippen LogP contribution in [0.15, 0.2) is 29.8 Å². The summed E-state index contributed by atoms with van der Waals surface area (Å²) in [5.41, 5.74) is 2.35. The van der Waals surface area contributed by atoms with Crippen LogP contribution < -0.4 is 10.6 Å². The number of rotatable bonds is 8. The minimum atomic E-state index is -5.08. The number of aliphatic hydroxyl groups is 1. The molecule has 1 aliphatic heterocycles. The van der Waals surface area contributed by atoms with E-state index in [1.807, 2.05) is 31.2 Å². The van der Waals surface area contributed by atoms with Crippen molar-refractivity contribution in [1.82, 2.24) is 20.5 Å². The molecule has 1 aliphatic carbocycles. The second-order valence-electron chi connectivity index (χ2n) is 13.1. The SMILES string of the molecule is Cc1ncsc1-c1ccc(CNC(=O)[C@@H]2C[C@@H](O)CN2C(=O)[C@H](NC(=O)C2(C(=O)O)CCCCC2)C(C)(C)C)cc1.O=C(O)C(F)(F)F. The van der Waals surface area contributed by atoms with E-state index in [9.17, 15) is 42.6 Å². The fourth-order valence-electron chi connectivity index (χ4n) is 5.74. The van der Waals surface area contributed by atoms with Crippen LogP contribution in [0.3, 0.4) is 0 Å². The first kappa shape index (κ1) is 38.4. The highest BCUT2D eigenvalue weighted by molar-refractivity contribution is 7.13. The lowest BCUT2D eigenvalue weighted by molar-refractivity contribution is -0.192. The Hall–Kier alpha value is -4.05. The highest BCUT2D eigenvalue weighted by Crippen LogP contribution is 2.38. The molecule has 3 atom stereocenters. The minimum Gasteiger partial charge on any atom is -0.480 e. The number of aryl methyl sites for hydroxylation is 1. The molecule has 4 rings (SSSR count). The number of alkyl halides is 3. The van der Waals surface area contributed by atoms with Crippen LogP contribution in [0.2, 0.25) is 0 Å². The van der Waals surface area contributed by atoms with Crippen LogP contribution in [0.4, 0.5) is 13.2 Å². The van der Waals surface area contributed by atoms with Gasteiger partial charge in [-0.3, -0.25) is 19.2 Å². The largest absolute Gasteiger partial charge is 0.490 e. The Bertz CT molecular complexity index is 1480. The molecule has 0 radical (unpaired) electrons. The summed E-state index contributed by atoms with van der Waals surface area (Å²) in [5.74, 6) is -5.52. The van der Waals surface area contributed by atoms with Gasteiger partial charge in [-0.15, -0.1) is 11.3 Å². The molecule has 2 aliphatic rings. The summed E-state index contributed by atoms with van der Waals surface area (Å²) in [6.07, 6.45) is -3.34. The Morgan fingerprint density at radius 1 is 1.04 bits per heavy atom. The molecule has 2 heterocycles. The lowest BCUT2D eigenvalue weighted by Gasteiger charge is -2.38. The lowest BCUT2D eigenvalue weighted by atomic mass is 9.72. The van der Waals surface area contributed by atoms with Crippen molar-refractivity contribution in [3.05, 3.63) is 41.0 Å². The van der Waals surface area contributed by atoms with Gasteiger partial charge in [-0.05, 0) is 36.3 Å². The number of halogens is 3. The fourth-order valence-corrected chi connectivity index (χ4v) is 6.55. The number of carbonyl (C=O) groups is 5. The Balaban J connectivity index is 0.000000804. The van der Waals surface area contributed by atoms with E-state index in [4.69, 9.17) is 9.90 Å². The molecule has 48 heavy (non-hydrogen) atoms. The first-order valence-corrected chi connectivity index (χ1v) is 16.3. The molecule has 16 heteroatoms. The number of carbonyl (C=O) groups excluding carboxylic acids is 3. The van der Waals surface area contributed by atoms with Gasteiger partial charge in [0.25, 0.3) is 0 Å². The van der Waals surface area contributed by atoms with E-state index in [0.717, 1.165) is 28.1 Å². The first-order valence-electron chi connectivity index (χ1n) is 15.4. The number of likely N-dealkylation sites (tertiary alicyclic amines) is 1. The molecule has 1 saturated heterocycles. The molecule has 0 bridgehead atoms. The van der Waals surface area contributed by atoms with Crippen LogP contribution in [0, 0.1) is 17.8 Å². The Kier molecular flexibility index (Phi) is 12.4. The Labute approximate surface area is 279 Å². The van der Waals surface area contributed by atoms with Crippen molar-refractivity contribution in [1.29, 1.82) is 0 Å². The molecule has 12 nitrogen and oxygen atoms in total. The number of hydrogen-bond acceptors (Lipinski definition) is 8. The number of nitrogens with zero attached hydrogens (tertiary/aromatic N) is 2. The van der Waals surface area contributed by atoms with Gasteiger partial charge in [0.05, 0.1) is 22.2 Å². The van der Waals surface area contributed by atoms with Gasteiger partial charge in [0.1, 0.15) is 17.5 Å². The highest BCUT2D eigenvalue weighted by Gasteiger charge is 2.50. The van der Waals surface area contributed by atoms with E-state index in [0.29, 0.717) is 12.8 Å². The van der Waals surface area contributed by atoms with Crippen LogP contribution in [-0.4, -0.2) is 85.8 Å². The van der Waals surface area contributed by atoms with Gasteiger partial charge < -0.3 is 30.9 Å². The molecule has 3 amide bonds. The zero-order chi connectivity index (χ0) is 36.0. The number of aliphatic hydroxyl groups excluding tert-OH is 1. The van der Waals surface area contributed by atoms with Crippen LogP contribution >= 0.6 is 11.3 Å². The monoisotopic (exact) mass is 698 g/mol. The third-order valence-electron chi connectivity index (χ3n) is 8.48. The van der Waals surface area contributed by atoms with Crippen LogP contribution in [0.1, 0.15) is 70.6 Å². The van der Waals surface area contributed by atoms with Crippen LogP contribution in [0.5, 0.6) is 0 Å². The van der Waals surface area contributed by atoms with E-state index in [1.54, 1.807) is 37.6 Å². The summed E-state index contributed by atoms with van der Waals surface area (Å²) < 4.78 is 31.7. The molecule has 0 unspecified atom stereocenters. The Morgan fingerprint density at radius 3 is 2.10 bits per heavy atom. The predicted octanol–water partition coefficient (Wildman–Crippen LogP) is 3.90. The molecule has 1 saturated carbocycles. The van der Waals surface area contributed by atoms with Crippen LogP contribution in [0.25, 0.3) is 10.4 Å². The average Bonchev–Trinajstić information content (AvgIpc) is 3.63. The predicted molar refractivity (Wildman–Crippen MR) is 168 cm³/mol. The number of aromatic nitrogens is 1. The maximum atomic E-state index is 13.9. The van der Waals surface area contributed by atoms with Gasteiger partial charge >= 0.3 is 18.1 Å². The van der Waals surface area contributed by atoms with Crippen molar-refractivity contribution in [2.24, 2.45) is 10.8 Å². The third-order valence-corrected chi connectivity index (χ3v) is 9.45. The molecule has 2 fully saturated rings. The van der Waals surface area contributed by atoms with Crippen molar-refractivity contribution < 1.29 is 52.5 Å². The van der Waals surface area contributed by atoms with Gasteiger partial charge in [0.2, 0.25) is 17.7 Å². The summed E-state index contributed by atoms with van der Waals surface area (Å²) in [4.78, 5) is 68.3. The summed E-state index contributed by atoms with van der Waals surface area (Å²) in [7, 11) is 0. The van der Waals surface area contributed by atoms with Gasteiger partial charge in [0.15, 0.2) is 0 Å². The van der Waals surface area contributed by atoms with Crippen molar-refractivity contribution >= 4 is 41.0 Å². The molecule has 2 aromatic rings. The Morgan fingerprint density at radius 2 is 1.62 bits per heavy atom. The van der Waals surface area contributed by atoms with Gasteiger partial charge in [-0.2, -0.15) is 13.2 Å². The van der Waals surface area contributed by atoms with E-state index < -0.39 is 64.9 Å². The third kappa shape index (κ3) is 9.30. The summed E-state index contributed by atoms with van der Waals surface area (Å²) in [5, 5.41) is 33.2. The molecule has 5 N–H and O–H groups in total. The number of amides is 3. The highest BCUT2D eigenvalue weighted by atomic mass is 32.1. The van der Waals surface area contributed by atoms with Gasteiger partial charge in [-0.1, -0.05) is 64.3 Å². The van der Waals surface area contributed by atoms with E-state index in [1.165, 1.54) is 4.90 Å². The molecule has 264 valence electrons. The summed E-state index contributed by atoms with van der Waals surface area (Å²) >= 11 is 1.57.